The lowest BCUT2D eigenvalue weighted by Gasteiger charge is -2.35. The van der Waals surface area contributed by atoms with Crippen molar-refractivity contribution in [2.75, 3.05) is 26.2 Å². The van der Waals surface area contributed by atoms with Crippen LogP contribution < -0.4 is 5.32 Å². The van der Waals surface area contributed by atoms with Crippen molar-refractivity contribution in [3.63, 3.8) is 0 Å². The molecule has 1 aromatic carbocycles. The molecule has 0 bridgehead atoms. The van der Waals surface area contributed by atoms with Crippen molar-refractivity contribution >= 4 is 30.5 Å². The predicted molar refractivity (Wildman–Crippen MR) is 94.4 cm³/mol. The van der Waals surface area contributed by atoms with Crippen LogP contribution in [0.1, 0.15) is 36.9 Å². The van der Waals surface area contributed by atoms with Crippen molar-refractivity contribution in [1.29, 1.82) is 0 Å². The van der Waals surface area contributed by atoms with E-state index < -0.39 is 0 Å². The third kappa shape index (κ3) is 5.09. The van der Waals surface area contributed by atoms with E-state index in [4.69, 9.17) is 0 Å². The van der Waals surface area contributed by atoms with Gasteiger partial charge in [0.15, 0.2) is 0 Å². The molecule has 0 spiro atoms. The number of rotatable bonds is 5. The monoisotopic (exact) mass is 349 g/mol. The molecule has 1 fully saturated rings. The first-order valence-corrected chi connectivity index (χ1v) is 7.33. The normalized spacial score (nSPS) is 16.3. The summed E-state index contributed by atoms with van der Waals surface area (Å²) in [6.07, 6.45) is 2.12. The maximum atomic E-state index is 11.1. The molecule has 2 rings (SSSR count). The van der Waals surface area contributed by atoms with Gasteiger partial charge in [-0.25, -0.2) is 0 Å². The Bertz CT molecular complexity index is 480. The van der Waals surface area contributed by atoms with Gasteiger partial charge in [0.25, 0.3) is 5.69 Å². The zero-order valence-corrected chi connectivity index (χ0v) is 14.7. The fourth-order valence-electron chi connectivity index (χ4n) is 2.86. The van der Waals surface area contributed by atoms with Gasteiger partial charge < -0.3 is 5.32 Å². The van der Waals surface area contributed by atoms with E-state index in [0.29, 0.717) is 6.04 Å². The number of halogens is 2. The molecule has 0 radical (unpaired) electrons. The van der Waals surface area contributed by atoms with Gasteiger partial charge in [0.1, 0.15) is 0 Å². The van der Waals surface area contributed by atoms with Gasteiger partial charge in [-0.2, -0.15) is 0 Å². The van der Waals surface area contributed by atoms with Gasteiger partial charge in [-0.15, -0.1) is 24.8 Å². The molecule has 1 heterocycles. The summed E-state index contributed by atoms with van der Waals surface area (Å²) in [7, 11) is 0. The van der Waals surface area contributed by atoms with Crippen molar-refractivity contribution in [2.24, 2.45) is 0 Å². The Morgan fingerprint density at radius 2 is 1.95 bits per heavy atom. The van der Waals surface area contributed by atoms with Crippen LogP contribution >= 0.6 is 24.8 Å². The number of nitrogens with one attached hydrogen (secondary N) is 1. The Hall–Kier alpha value is -0.880. The van der Waals surface area contributed by atoms with Gasteiger partial charge >= 0.3 is 0 Å². The Kier molecular flexibility index (Phi) is 9.60. The quantitative estimate of drug-likeness (QED) is 0.652. The van der Waals surface area contributed by atoms with Crippen LogP contribution in [-0.4, -0.2) is 36.0 Å². The molecule has 0 aliphatic carbocycles. The molecule has 22 heavy (non-hydrogen) atoms. The van der Waals surface area contributed by atoms with Crippen molar-refractivity contribution in [2.45, 2.75) is 32.7 Å². The fourth-order valence-corrected chi connectivity index (χ4v) is 2.86. The summed E-state index contributed by atoms with van der Waals surface area (Å²) >= 11 is 0. The first-order chi connectivity index (χ1) is 9.63. The smallest absolute Gasteiger partial charge is 0.272 e. The van der Waals surface area contributed by atoms with Crippen molar-refractivity contribution in [3.8, 4) is 0 Å². The van der Waals surface area contributed by atoms with Crippen LogP contribution in [0.25, 0.3) is 0 Å². The molecular weight excluding hydrogens is 325 g/mol. The summed E-state index contributed by atoms with van der Waals surface area (Å²) in [6, 6.07) is 5.97. The zero-order chi connectivity index (χ0) is 14.5. The van der Waals surface area contributed by atoms with E-state index in [-0.39, 0.29) is 35.4 Å². The van der Waals surface area contributed by atoms with E-state index in [0.717, 1.165) is 50.1 Å². The minimum absolute atomic E-state index is 0. The van der Waals surface area contributed by atoms with Gasteiger partial charge in [0, 0.05) is 43.9 Å². The number of nitro groups is 1. The second-order valence-electron chi connectivity index (χ2n) is 5.39. The van der Waals surface area contributed by atoms with Crippen LogP contribution in [0.5, 0.6) is 0 Å². The predicted octanol–water partition coefficient (Wildman–Crippen LogP) is 3.49. The van der Waals surface area contributed by atoms with Crippen molar-refractivity contribution in [3.05, 3.63) is 39.4 Å². The van der Waals surface area contributed by atoms with Crippen LogP contribution in [0.3, 0.4) is 0 Å². The number of nitro benzene ring substituents is 1. The van der Waals surface area contributed by atoms with Crippen LogP contribution in [0.2, 0.25) is 0 Å². The largest absolute Gasteiger partial charge is 0.314 e. The average Bonchev–Trinajstić information content (AvgIpc) is 2.46. The standard InChI is InChI=1S/C15H23N3O2.2ClH/c1-3-4-14(17-9-7-16-8-10-17)13-6-5-12(2)15(11-13)18(19)20;;/h5-6,11,14,16H,3-4,7-10H2,1-2H3;2*1H/t14-;;/m1../s1. The fraction of sp³-hybridized carbons (Fsp3) is 0.600. The third-order valence-corrected chi connectivity index (χ3v) is 3.97. The van der Waals surface area contributed by atoms with E-state index in [1.165, 1.54) is 0 Å². The summed E-state index contributed by atoms with van der Waals surface area (Å²) in [6.45, 7) is 7.96. The lowest BCUT2D eigenvalue weighted by molar-refractivity contribution is -0.385. The highest BCUT2D eigenvalue weighted by molar-refractivity contribution is 5.85. The molecule has 1 aliphatic rings. The van der Waals surface area contributed by atoms with Gasteiger partial charge in [0.05, 0.1) is 4.92 Å². The molecule has 126 valence electrons. The Labute approximate surface area is 144 Å². The molecule has 0 amide bonds. The van der Waals surface area contributed by atoms with Gasteiger partial charge in [-0.3, -0.25) is 15.0 Å². The van der Waals surface area contributed by atoms with Crippen LogP contribution in [0.4, 0.5) is 5.69 Å². The molecular formula is C15H25Cl2N3O2. The average molecular weight is 350 g/mol. The summed E-state index contributed by atoms with van der Waals surface area (Å²) < 4.78 is 0. The number of nitrogens with zero attached hydrogens (tertiary/aromatic N) is 2. The minimum Gasteiger partial charge on any atom is -0.314 e. The number of hydrogen-bond acceptors (Lipinski definition) is 4. The molecule has 5 nitrogen and oxygen atoms in total. The lowest BCUT2D eigenvalue weighted by atomic mass is 9.98. The highest BCUT2D eigenvalue weighted by Gasteiger charge is 2.23. The highest BCUT2D eigenvalue weighted by Crippen LogP contribution is 2.30. The van der Waals surface area contributed by atoms with Crippen LogP contribution in [0, 0.1) is 17.0 Å². The van der Waals surface area contributed by atoms with E-state index in [1.54, 1.807) is 13.0 Å². The zero-order valence-electron chi connectivity index (χ0n) is 13.1. The summed E-state index contributed by atoms with van der Waals surface area (Å²) in [5, 5.41) is 14.5. The Balaban J connectivity index is 0.00000220. The molecule has 0 aromatic heterocycles. The Morgan fingerprint density at radius 1 is 1.32 bits per heavy atom. The summed E-state index contributed by atoms with van der Waals surface area (Å²) in [5.74, 6) is 0. The minimum atomic E-state index is -0.278. The molecule has 1 aliphatic heterocycles. The van der Waals surface area contributed by atoms with E-state index in [9.17, 15) is 10.1 Å². The molecule has 0 saturated carbocycles. The number of benzene rings is 1. The number of piperazine rings is 1. The number of hydrogen-bond donors (Lipinski definition) is 1. The maximum Gasteiger partial charge on any atom is 0.272 e. The van der Waals surface area contributed by atoms with E-state index in [1.807, 2.05) is 12.1 Å². The van der Waals surface area contributed by atoms with Gasteiger partial charge in [-0.1, -0.05) is 25.5 Å². The number of aryl methyl sites for hydroxylation is 1. The van der Waals surface area contributed by atoms with Gasteiger partial charge in [-0.05, 0) is 18.9 Å². The topological polar surface area (TPSA) is 58.4 Å². The molecule has 7 heteroatoms. The second kappa shape index (κ2) is 10.0. The summed E-state index contributed by atoms with van der Waals surface area (Å²) in [5.41, 5.74) is 2.04. The highest BCUT2D eigenvalue weighted by atomic mass is 35.5. The molecule has 1 saturated heterocycles. The first-order valence-electron chi connectivity index (χ1n) is 7.33. The van der Waals surface area contributed by atoms with E-state index >= 15 is 0 Å². The van der Waals surface area contributed by atoms with E-state index in [2.05, 4.69) is 17.1 Å². The first kappa shape index (κ1) is 21.1. The van der Waals surface area contributed by atoms with Crippen LogP contribution in [-0.2, 0) is 0 Å². The lowest BCUT2D eigenvalue weighted by Crippen LogP contribution is -2.45. The SMILES string of the molecule is CCC[C@H](c1ccc(C)c([N+](=O)[O-])c1)N1CCNCC1.Cl.Cl. The maximum absolute atomic E-state index is 11.1. The summed E-state index contributed by atoms with van der Waals surface area (Å²) in [4.78, 5) is 13.3. The van der Waals surface area contributed by atoms with Gasteiger partial charge in [0.2, 0.25) is 0 Å². The molecule has 1 N–H and O–H groups in total. The third-order valence-electron chi connectivity index (χ3n) is 3.97. The molecule has 0 unspecified atom stereocenters. The molecule has 1 atom stereocenters. The molecule has 1 aromatic rings. The van der Waals surface area contributed by atoms with Crippen LogP contribution in [0.15, 0.2) is 18.2 Å². The Morgan fingerprint density at radius 3 is 2.50 bits per heavy atom. The van der Waals surface area contributed by atoms with Crippen molar-refractivity contribution < 1.29 is 4.92 Å². The van der Waals surface area contributed by atoms with Crippen molar-refractivity contribution in [1.82, 2.24) is 10.2 Å². The second-order valence-corrected chi connectivity index (χ2v) is 5.39.